The Morgan fingerprint density at radius 3 is 1.10 bits per heavy atom. The highest BCUT2D eigenvalue weighted by Gasteiger charge is 2.61. The molecule has 0 saturated carbocycles. The van der Waals surface area contributed by atoms with Gasteiger partial charge >= 0.3 is 5.97 Å². The molecule has 0 aliphatic carbocycles. The van der Waals surface area contributed by atoms with E-state index in [2.05, 4.69) is 0 Å². The predicted molar refractivity (Wildman–Crippen MR) is 325 cm³/mol. The summed E-state index contributed by atoms with van der Waals surface area (Å²) in [5.74, 6) is -3.77. The van der Waals surface area contributed by atoms with Crippen LogP contribution in [0.25, 0.3) is 0 Å². The zero-order valence-electron chi connectivity index (χ0n) is 50.1. The zero-order chi connectivity index (χ0) is 63.7. The fraction of sp³-hybridized carbons (Fsp3) is 0.338. The summed E-state index contributed by atoms with van der Waals surface area (Å²) in [5.41, 5.74) is 3.98. The third-order valence-electron chi connectivity index (χ3n) is 16.8. The van der Waals surface area contributed by atoms with E-state index in [0.717, 1.165) is 33.4 Å². The maximum atomic E-state index is 15.4. The van der Waals surface area contributed by atoms with E-state index in [1.54, 1.807) is 60.7 Å². The van der Waals surface area contributed by atoms with Crippen molar-refractivity contribution >= 4 is 29.6 Å². The molecule has 3 fully saturated rings. The molecule has 3 saturated heterocycles. The standard InChI is InChI=1S/C71H70N2O19/c1-43(75)87-64-59(77)58(76)53(35-74)88-71(64)92-61-55(42-83-37-45-23-9-3-10-24-45)90-70(57(63(61)85-39-47-27-13-5-14-28-47)73-67(80)51-33-19-20-34-52(51)68(73)81)91-60-54(41-82-36-44-21-7-2-8-22-44)89-69(86-40-48-29-15-6-16-30-48)56(62(60)84-38-46-25-11-4-12-26-46)72-65(78)49-31-17-18-32-50(49)66(72)79/h2-34,53-64,69-71,74,76-77H,35-42H2,1H3/t53-,54-,55-,56-,57-,58-,59+,60-,61-,62-,63-,64+,69-,70+,71+/m1/s1. The minimum absolute atomic E-state index is 0.0167. The lowest BCUT2D eigenvalue weighted by atomic mass is 9.92. The molecular weight excluding hydrogens is 1180 g/mol. The maximum absolute atomic E-state index is 15.4. The van der Waals surface area contributed by atoms with E-state index < -0.39 is 128 Å². The lowest BCUT2D eigenvalue weighted by molar-refractivity contribution is -0.373. The number of imide groups is 2. The third-order valence-corrected chi connectivity index (χ3v) is 16.8. The van der Waals surface area contributed by atoms with Gasteiger partial charge in [-0.25, -0.2) is 0 Å². The molecule has 7 aromatic carbocycles. The molecule has 478 valence electrons. The van der Waals surface area contributed by atoms with Crippen molar-refractivity contribution in [2.24, 2.45) is 0 Å². The minimum atomic E-state index is -1.88. The molecule has 15 atom stereocenters. The van der Waals surface area contributed by atoms with Gasteiger partial charge in [-0.3, -0.25) is 33.8 Å². The number of carbonyl (C=O) groups excluding carboxylic acids is 5. The Labute approximate surface area is 530 Å². The van der Waals surface area contributed by atoms with E-state index in [1.807, 2.05) is 127 Å². The number of fused-ring (bicyclic) bond motifs is 2. The molecule has 0 spiro atoms. The summed E-state index contributed by atoms with van der Waals surface area (Å²) >= 11 is 0. The van der Waals surface area contributed by atoms with E-state index in [4.69, 9.17) is 52.1 Å². The van der Waals surface area contributed by atoms with Gasteiger partial charge in [0.1, 0.15) is 67.0 Å². The highest BCUT2D eigenvalue weighted by atomic mass is 16.8. The van der Waals surface area contributed by atoms with Crippen LogP contribution in [0.5, 0.6) is 0 Å². The van der Waals surface area contributed by atoms with Crippen LogP contribution in [0.2, 0.25) is 0 Å². The van der Waals surface area contributed by atoms with Gasteiger partial charge in [0.15, 0.2) is 25.0 Å². The van der Waals surface area contributed by atoms with Crippen LogP contribution in [-0.4, -0.2) is 167 Å². The maximum Gasteiger partial charge on any atom is 0.303 e. The van der Waals surface area contributed by atoms with Gasteiger partial charge in [0, 0.05) is 6.92 Å². The van der Waals surface area contributed by atoms with Gasteiger partial charge in [-0.2, -0.15) is 0 Å². The molecule has 12 rings (SSSR count). The Bertz CT molecular complexity index is 3560. The van der Waals surface area contributed by atoms with Crippen molar-refractivity contribution in [3.63, 3.8) is 0 Å². The van der Waals surface area contributed by atoms with Crippen LogP contribution in [0.1, 0.15) is 76.2 Å². The van der Waals surface area contributed by atoms with Gasteiger partial charge in [0.05, 0.1) is 75.1 Å². The van der Waals surface area contributed by atoms with Crippen LogP contribution < -0.4 is 0 Å². The number of benzene rings is 7. The van der Waals surface area contributed by atoms with Crippen LogP contribution in [-0.2, 0) is 89.9 Å². The summed E-state index contributed by atoms with van der Waals surface area (Å²) in [6, 6.07) is 55.6. The number of nitrogens with zero attached hydrogens (tertiary/aromatic N) is 2. The fourth-order valence-electron chi connectivity index (χ4n) is 12.3. The molecule has 0 unspecified atom stereocenters. The quantitative estimate of drug-likeness (QED) is 0.0396. The largest absolute Gasteiger partial charge is 0.454 e. The molecule has 21 nitrogen and oxygen atoms in total. The number of hydrogen-bond donors (Lipinski definition) is 3. The first-order valence-electron chi connectivity index (χ1n) is 30.5. The Morgan fingerprint density at radius 2 is 0.717 bits per heavy atom. The van der Waals surface area contributed by atoms with Crippen molar-refractivity contribution in [1.82, 2.24) is 9.80 Å². The van der Waals surface area contributed by atoms with Crippen molar-refractivity contribution < 1.29 is 91.4 Å². The van der Waals surface area contributed by atoms with E-state index in [1.165, 1.54) is 12.1 Å². The first-order valence-corrected chi connectivity index (χ1v) is 30.5. The summed E-state index contributed by atoms with van der Waals surface area (Å²) in [5, 5.41) is 33.4. The second-order valence-corrected chi connectivity index (χ2v) is 22.9. The second-order valence-electron chi connectivity index (χ2n) is 22.9. The highest BCUT2D eigenvalue weighted by molar-refractivity contribution is 6.22. The van der Waals surface area contributed by atoms with Crippen LogP contribution in [0.15, 0.2) is 200 Å². The number of rotatable bonds is 25. The number of ether oxygens (including phenoxy) is 11. The summed E-state index contributed by atoms with van der Waals surface area (Å²) in [4.78, 5) is 76.1. The lowest BCUT2D eigenvalue weighted by Crippen LogP contribution is -2.71. The molecule has 7 aromatic rings. The molecule has 0 radical (unpaired) electrons. The number of aliphatic hydroxyl groups excluding tert-OH is 3. The van der Waals surface area contributed by atoms with Crippen LogP contribution in [0.3, 0.4) is 0 Å². The molecule has 5 aliphatic heterocycles. The first kappa shape index (κ1) is 63.9. The Hall–Kier alpha value is -8.23. The van der Waals surface area contributed by atoms with Crippen molar-refractivity contribution in [1.29, 1.82) is 0 Å². The Kier molecular flexibility index (Phi) is 20.5. The minimum Gasteiger partial charge on any atom is -0.454 e. The molecule has 5 aliphatic rings. The van der Waals surface area contributed by atoms with E-state index in [9.17, 15) is 20.1 Å². The SMILES string of the molecule is CC(=O)O[C@@H]1[C@H](O[C@H]2[C@H](OCc3ccccc3)[C@@H](N3C(=O)c4ccccc4C3=O)[C@H](O[C@H]3[C@H](OCc4ccccc4)[C@@H](N4C(=O)c5ccccc5C4=O)[C@H](OCc4ccccc4)O[C@@H]3COCc3ccccc3)O[C@@H]2COCc2ccccc2)O[C@H](CO)[C@@H](O)[C@@H]1O. The smallest absolute Gasteiger partial charge is 0.303 e. The van der Waals surface area contributed by atoms with Crippen LogP contribution in [0.4, 0.5) is 0 Å². The molecular formula is C71H70N2O19. The number of carbonyl (C=O) groups is 5. The summed E-state index contributed by atoms with van der Waals surface area (Å²) in [6.07, 6.45) is -20.7. The first-order chi connectivity index (χ1) is 44.9. The van der Waals surface area contributed by atoms with Gasteiger partial charge in [-0.1, -0.05) is 176 Å². The van der Waals surface area contributed by atoms with Gasteiger partial charge < -0.3 is 67.4 Å². The fourth-order valence-corrected chi connectivity index (χ4v) is 12.3. The van der Waals surface area contributed by atoms with Gasteiger partial charge in [-0.15, -0.1) is 0 Å². The third kappa shape index (κ3) is 14.1. The lowest BCUT2D eigenvalue weighted by Gasteiger charge is -2.53. The summed E-state index contributed by atoms with van der Waals surface area (Å²) in [6.45, 7) is -0.635. The molecule has 21 heteroatoms. The summed E-state index contributed by atoms with van der Waals surface area (Å²) < 4.78 is 74.8. The number of hydrogen-bond acceptors (Lipinski definition) is 19. The molecule has 0 aromatic heterocycles. The van der Waals surface area contributed by atoms with Gasteiger partial charge in [-0.05, 0) is 52.1 Å². The molecule has 3 N–H and O–H groups in total. The molecule has 0 bridgehead atoms. The summed E-state index contributed by atoms with van der Waals surface area (Å²) in [7, 11) is 0. The average Bonchev–Trinajstić information content (AvgIpc) is 1.48. The average molecular weight is 1260 g/mol. The molecule has 5 heterocycles. The monoisotopic (exact) mass is 1250 g/mol. The number of aliphatic hydroxyl groups is 3. The molecule has 4 amide bonds. The molecule has 92 heavy (non-hydrogen) atoms. The number of amides is 4. The Morgan fingerprint density at radius 1 is 0.391 bits per heavy atom. The number of esters is 1. The second kappa shape index (κ2) is 29.6. The van der Waals surface area contributed by atoms with Crippen LogP contribution in [0, 0.1) is 0 Å². The Balaban J connectivity index is 1.03. The van der Waals surface area contributed by atoms with Crippen molar-refractivity contribution in [2.75, 3.05) is 19.8 Å². The van der Waals surface area contributed by atoms with Crippen molar-refractivity contribution in [3.05, 3.63) is 250 Å². The normalized spacial score (nSPS) is 27.8. The van der Waals surface area contributed by atoms with Gasteiger partial charge in [0.25, 0.3) is 23.6 Å². The van der Waals surface area contributed by atoms with Crippen molar-refractivity contribution in [3.8, 4) is 0 Å². The van der Waals surface area contributed by atoms with E-state index in [0.29, 0.717) is 11.1 Å². The van der Waals surface area contributed by atoms with Gasteiger partial charge in [0.2, 0.25) is 0 Å². The van der Waals surface area contributed by atoms with E-state index >= 15 is 19.2 Å². The zero-order valence-corrected chi connectivity index (χ0v) is 50.1. The topological polar surface area (TPSA) is 254 Å². The predicted octanol–water partition coefficient (Wildman–Crippen LogP) is 6.73. The van der Waals surface area contributed by atoms with E-state index in [-0.39, 0.29) is 68.5 Å². The van der Waals surface area contributed by atoms with Crippen molar-refractivity contribution in [2.45, 2.75) is 132 Å². The highest BCUT2D eigenvalue weighted by Crippen LogP contribution is 2.42. The van der Waals surface area contributed by atoms with Crippen LogP contribution >= 0.6 is 0 Å².